The van der Waals surface area contributed by atoms with Crippen LogP contribution < -0.4 is 5.32 Å². The number of ether oxygens (including phenoxy) is 2. The van der Waals surface area contributed by atoms with Gasteiger partial charge in [-0.1, -0.05) is 36.7 Å². The fraction of sp³-hybridized carbons (Fsp3) is 0.923. The van der Waals surface area contributed by atoms with Crippen molar-refractivity contribution in [1.82, 2.24) is 5.32 Å². The van der Waals surface area contributed by atoms with Crippen molar-refractivity contribution in [1.29, 1.82) is 0 Å². The van der Waals surface area contributed by atoms with Crippen LogP contribution in [0.2, 0.25) is 0 Å². The first-order chi connectivity index (χ1) is 8.31. The molecule has 0 atom stereocenters. The van der Waals surface area contributed by atoms with E-state index >= 15 is 0 Å². The monoisotopic (exact) mass is 321 g/mol. The molecule has 0 radical (unpaired) electrons. The molecule has 18 heavy (non-hydrogen) atoms. The van der Waals surface area contributed by atoms with Gasteiger partial charge in [0.2, 0.25) is 0 Å². The minimum atomic E-state index is -0.385. The van der Waals surface area contributed by atoms with Crippen LogP contribution in [0.4, 0.5) is 4.79 Å². The number of amides is 1. The summed E-state index contributed by atoms with van der Waals surface area (Å²) in [4.78, 5) is 11.4. The zero-order chi connectivity index (χ0) is 13.8. The highest BCUT2D eigenvalue weighted by molar-refractivity contribution is 9.09. The van der Waals surface area contributed by atoms with Gasteiger partial charge in [0, 0.05) is 18.0 Å². The minimum Gasteiger partial charge on any atom is -0.453 e. The Balaban J connectivity index is 2.26. The largest absolute Gasteiger partial charge is 0.453 e. The standard InChI is InChI=1S/C13H24BrNO3/c1-12(2,3)13(8-10(14)9-13)18-7-5-6-15-11(16)17-4/h10H,5-9H2,1-4H3,(H,15,16). The lowest BCUT2D eigenvalue weighted by Gasteiger charge is -2.53. The van der Waals surface area contributed by atoms with Crippen molar-refractivity contribution < 1.29 is 14.3 Å². The van der Waals surface area contributed by atoms with E-state index in [9.17, 15) is 4.79 Å². The minimum absolute atomic E-state index is 0.0214. The predicted molar refractivity (Wildman–Crippen MR) is 75.1 cm³/mol. The van der Waals surface area contributed by atoms with E-state index in [4.69, 9.17) is 4.74 Å². The van der Waals surface area contributed by atoms with Crippen LogP contribution in [-0.4, -0.2) is 36.8 Å². The van der Waals surface area contributed by atoms with Crippen LogP contribution in [0.5, 0.6) is 0 Å². The number of nitrogens with one attached hydrogen (secondary N) is 1. The Morgan fingerprint density at radius 1 is 1.44 bits per heavy atom. The molecule has 0 bridgehead atoms. The molecule has 1 amide bonds. The van der Waals surface area contributed by atoms with E-state index in [1.807, 2.05) is 0 Å². The second kappa shape index (κ2) is 6.24. The fourth-order valence-electron chi connectivity index (χ4n) is 2.20. The summed E-state index contributed by atoms with van der Waals surface area (Å²) in [6, 6.07) is 0. The van der Waals surface area contributed by atoms with Crippen molar-refractivity contribution in [3.8, 4) is 0 Å². The first-order valence-electron chi connectivity index (χ1n) is 6.40. The van der Waals surface area contributed by atoms with Crippen LogP contribution in [0.25, 0.3) is 0 Å². The molecule has 1 aliphatic carbocycles. The number of carbonyl (C=O) groups excluding carboxylic acids is 1. The van der Waals surface area contributed by atoms with E-state index in [2.05, 4.69) is 46.8 Å². The summed E-state index contributed by atoms with van der Waals surface area (Å²) in [5, 5.41) is 2.65. The Kier molecular flexibility index (Phi) is 5.46. The quantitative estimate of drug-likeness (QED) is 0.625. The lowest BCUT2D eigenvalue weighted by atomic mass is 9.64. The van der Waals surface area contributed by atoms with E-state index in [0.717, 1.165) is 19.3 Å². The Morgan fingerprint density at radius 3 is 2.50 bits per heavy atom. The lowest BCUT2D eigenvalue weighted by molar-refractivity contribution is -0.161. The highest BCUT2D eigenvalue weighted by atomic mass is 79.9. The Bertz CT molecular complexity index is 282. The molecule has 4 nitrogen and oxygen atoms in total. The molecule has 1 fully saturated rings. The fourth-order valence-corrected chi connectivity index (χ4v) is 3.25. The third-order valence-corrected chi connectivity index (χ3v) is 4.27. The van der Waals surface area contributed by atoms with E-state index in [-0.39, 0.29) is 17.1 Å². The summed E-state index contributed by atoms with van der Waals surface area (Å²) < 4.78 is 10.6. The van der Waals surface area contributed by atoms with Gasteiger partial charge in [-0.3, -0.25) is 0 Å². The van der Waals surface area contributed by atoms with Gasteiger partial charge >= 0.3 is 6.09 Å². The van der Waals surface area contributed by atoms with Crippen molar-refractivity contribution in [2.45, 2.75) is 50.5 Å². The average molecular weight is 322 g/mol. The number of halogens is 1. The van der Waals surface area contributed by atoms with Crippen LogP contribution in [0.1, 0.15) is 40.0 Å². The molecule has 1 saturated carbocycles. The number of alkyl carbamates (subject to hydrolysis) is 1. The second-order valence-electron chi connectivity index (χ2n) is 5.87. The summed E-state index contributed by atoms with van der Waals surface area (Å²) in [6.45, 7) is 7.92. The molecule has 0 aromatic rings. The summed E-state index contributed by atoms with van der Waals surface area (Å²) in [5.41, 5.74) is 0.124. The topological polar surface area (TPSA) is 47.6 Å². The molecule has 1 rings (SSSR count). The summed E-state index contributed by atoms with van der Waals surface area (Å²) in [7, 11) is 1.37. The van der Waals surface area contributed by atoms with Gasteiger partial charge in [-0.15, -0.1) is 0 Å². The number of rotatable bonds is 5. The smallest absolute Gasteiger partial charge is 0.406 e. The highest BCUT2D eigenvalue weighted by Crippen LogP contribution is 2.51. The molecular weight excluding hydrogens is 298 g/mol. The number of carbonyl (C=O) groups is 1. The van der Waals surface area contributed by atoms with Gasteiger partial charge in [0.25, 0.3) is 0 Å². The molecule has 0 unspecified atom stereocenters. The first-order valence-corrected chi connectivity index (χ1v) is 7.32. The number of methoxy groups -OCH3 is 1. The number of hydrogen-bond acceptors (Lipinski definition) is 3. The van der Waals surface area contributed by atoms with Gasteiger partial charge < -0.3 is 14.8 Å². The predicted octanol–water partition coefficient (Wildman–Crippen LogP) is 3.09. The molecule has 0 spiro atoms. The molecule has 0 heterocycles. The lowest BCUT2D eigenvalue weighted by Crippen LogP contribution is -2.56. The van der Waals surface area contributed by atoms with Crippen LogP contribution in [0, 0.1) is 5.41 Å². The summed E-state index contributed by atoms with van der Waals surface area (Å²) in [6.07, 6.45) is 2.53. The van der Waals surface area contributed by atoms with Gasteiger partial charge in [0.05, 0.1) is 12.7 Å². The van der Waals surface area contributed by atoms with Crippen molar-refractivity contribution in [3.05, 3.63) is 0 Å². The summed E-state index contributed by atoms with van der Waals surface area (Å²) in [5.74, 6) is 0. The molecule has 0 aromatic carbocycles. The Hall–Kier alpha value is -0.290. The molecule has 5 heteroatoms. The van der Waals surface area contributed by atoms with Crippen LogP contribution in [0.3, 0.4) is 0 Å². The molecular formula is C13H24BrNO3. The zero-order valence-corrected chi connectivity index (χ0v) is 13.3. The average Bonchev–Trinajstić information content (AvgIpc) is 2.23. The first kappa shape index (κ1) is 15.8. The van der Waals surface area contributed by atoms with Crippen LogP contribution in [0.15, 0.2) is 0 Å². The van der Waals surface area contributed by atoms with Gasteiger partial charge in [-0.25, -0.2) is 4.79 Å². The second-order valence-corrected chi connectivity index (χ2v) is 7.17. The normalized spacial score (nSPS) is 27.5. The van der Waals surface area contributed by atoms with E-state index in [0.29, 0.717) is 18.0 Å². The van der Waals surface area contributed by atoms with Crippen molar-refractivity contribution in [2.75, 3.05) is 20.3 Å². The molecule has 0 aromatic heterocycles. The van der Waals surface area contributed by atoms with Gasteiger partial charge in [-0.2, -0.15) is 0 Å². The Morgan fingerprint density at radius 2 is 2.06 bits per heavy atom. The SMILES string of the molecule is COC(=O)NCCCOC1(C(C)(C)C)CC(Br)C1. The van der Waals surface area contributed by atoms with Crippen molar-refractivity contribution >= 4 is 22.0 Å². The van der Waals surface area contributed by atoms with E-state index < -0.39 is 0 Å². The van der Waals surface area contributed by atoms with Crippen molar-refractivity contribution in [3.63, 3.8) is 0 Å². The van der Waals surface area contributed by atoms with E-state index in [1.54, 1.807) is 0 Å². The maximum atomic E-state index is 10.9. The number of alkyl halides is 1. The third kappa shape index (κ3) is 3.85. The Labute approximate surface area is 118 Å². The number of hydrogen-bond donors (Lipinski definition) is 1. The van der Waals surface area contributed by atoms with Crippen LogP contribution in [-0.2, 0) is 9.47 Å². The maximum absolute atomic E-state index is 10.9. The van der Waals surface area contributed by atoms with Gasteiger partial charge in [0.1, 0.15) is 0 Å². The molecule has 106 valence electrons. The summed E-state index contributed by atoms with van der Waals surface area (Å²) >= 11 is 3.63. The zero-order valence-electron chi connectivity index (χ0n) is 11.7. The van der Waals surface area contributed by atoms with E-state index in [1.165, 1.54) is 7.11 Å². The molecule has 0 saturated heterocycles. The van der Waals surface area contributed by atoms with Gasteiger partial charge in [-0.05, 0) is 24.7 Å². The van der Waals surface area contributed by atoms with Crippen molar-refractivity contribution in [2.24, 2.45) is 5.41 Å². The molecule has 1 aliphatic rings. The van der Waals surface area contributed by atoms with Crippen LogP contribution >= 0.6 is 15.9 Å². The van der Waals surface area contributed by atoms with Gasteiger partial charge in [0.15, 0.2) is 0 Å². The third-order valence-electron chi connectivity index (χ3n) is 3.62. The maximum Gasteiger partial charge on any atom is 0.406 e. The molecule has 0 aliphatic heterocycles. The molecule has 1 N–H and O–H groups in total. The highest BCUT2D eigenvalue weighted by Gasteiger charge is 2.52.